The van der Waals surface area contributed by atoms with Crippen LogP contribution in [-0.4, -0.2) is 50.9 Å². The summed E-state index contributed by atoms with van der Waals surface area (Å²) >= 11 is 0. The second-order valence-corrected chi connectivity index (χ2v) is 7.11. The van der Waals surface area contributed by atoms with Gasteiger partial charge in [-0.05, 0) is 37.1 Å². The second-order valence-electron chi connectivity index (χ2n) is 5.17. The predicted molar refractivity (Wildman–Crippen MR) is 77.7 cm³/mol. The van der Waals surface area contributed by atoms with Crippen LogP contribution in [0.1, 0.15) is 12.8 Å². The lowest BCUT2D eigenvalue weighted by molar-refractivity contribution is -0.174. The highest BCUT2D eigenvalue weighted by Crippen LogP contribution is 2.25. The number of nitrogens with zero attached hydrogens (tertiary/aromatic N) is 2. The van der Waals surface area contributed by atoms with E-state index in [1.807, 2.05) is 0 Å². The molecule has 0 aliphatic carbocycles. The largest absolute Gasteiger partial charge is 0.275 e. The number of rotatable bonds is 4. The van der Waals surface area contributed by atoms with Crippen molar-refractivity contribution in [2.24, 2.45) is 5.92 Å². The molecule has 0 N–H and O–H groups in total. The number of sulfonamides is 1. The number of benzene rings is 1. The van der Waals surface area contributed by atoms with Crippen molar-refractivity contribution in [1.29, 1.82) is 0 Å². The van der Waals surface area contributed by atoms with Crippen LogP contribution in [0.3, 0.4) is 0 Å². The highest BCUT2D eigenvalue weighted by atomic mass is 32.2. The zero-order valence-electron chi connectivity index (χ0n) is 12.5. The Balaban J connectivity index is 2.18. The van der Waals surface area contributed by atoms with Gasteiger partial charge in [-0.1, -0.05) is 0 Å². The Hall–Kier alpha value is -1.51. The minimum Gasteiger partial charge on any atom is -0.275 e. The molecule has 1 unspecified atom stereocenters. The van der Waals surface area contributed by atoms with Gasteiger partial charge in [0, 0.05) is 20.1 Å². The maximum atomic E-state index is 12.9. The van der Waals surface area contributed by atoms with Gasteiger partial charge in [0.05, 0.1) is 17.9 Å². The summed E-state index contributed by atoms with van der Waals surface area (Å²) in [6.07, 6.45) is 1.20. The summed E-state index contributed by atoms with van der Waals surface area (Å²) in [5.74, 6) is -1.18. The predicted octanol–water partition coefficient (Wildman–Crippen LogP) is 1.25. The van der Waals surface area contributed by atoms with Crippen molar-refractivity contribution >= 4 is 15.9 Å². The molecule has 6 nitrogen and oxygen atoms in total. The van der Waals surface area contributed by atoms with Gasteiger partial charge in [0.25, 0.3) is 0 Å². The lowest BCUT2D eigenvalue weighted by Crippen LogP contribution is -2.45. The topological polar surface area (TPSA) is 66.9 Å². The molecule has 0 aromatic heterocycles. The minimum atomic E-state index is -3.72. The van der Waals surface area contributed by atoms with Crippen LogP contribution in [0.25, 0.3) is 0 Å². The van der Waals surface area contributed by atoms with Gasteiger partial charge in [0.15, 0.2) is 0 Å². The van der Waals surface area contributed by atoms with Gasteiger partial charge in [-0.2, -0.15) is 4.31 Å². The van der Waals surface area contributed by atoms with E-state index in [0.29, 0.717) is 19.4 Å². The number of hydroxylamine groups is 2. The first-order valence-electron chi connectivity index (χ1n) is 6.93. The van der Waals surface area contributed by atoms with Crippen molar-refractivity contribution in [3.05, 3.63) is 30.1 Å². The molecule has 122 valence electrons. The molecule has 2 rings (SSSR count). The lowest BCUT2D eigenvalue weighted by Gasteiger charge is -2.32. The SMILES string of the molecule is CON(C)C(=O)C1CCCN(S(=O)(=O)c2ccc(F)cc2)C1. The van der Waals surface area contributed by atoms with Crippen molar-refractivity contribution in [1.82, 2.24) is 9.37 Å². The van der Waals surface area contributed by atoms with Crippen LogP contribution in [0, 0.1) is 11.7 Å². The average molecular weight is 330 g/mol. The van der Waals surface area contributed by atoms with Crippen LogP contribution >= 0.6 is 0 Å². The molecule has 0 radical (unpaired) electrons. The van der Waals surface area contributed by atoms with Gasteiger partial charge in [-0.15, -0.1) is 0 Å². The number of amides is 1. The fourth-order valence-electron chi connectivity index (χ4n) is 2.47. The number of halogens is 1. The van der Waals surface area contributed by atoms with E-state index in [0.717, 1.165) is 17.2 Å². The smallest absolute Gasteiger partial charge is 0.250 e. The summed E-state index contributed by atoms with van der Waals surface area (Å²) in [6.45, 7) is 0.451. The molecule has 1 aliphatic rings. The third kappa shape index (κ3) is 3.45. The average Bonchev–Trinajstić information content (AvgIpc) is 2.54. The van der Waals surface area contributed by atoms with E-state index in [9.17, 15) is 17.6 Å². The van der Waals surface area contributed by atoms with Crippen LogP contribution in [0.4, 0.5) is 4.39 Å². The molecule has 0 bridgehead atoms. The van der Waals surface area contributed by atoms with E-state index in [1.165, 1.54) is 30.6 Å². The van der Waals surface area contributed by atoms with Crippen LogP contribution < -0.4 is 0 Å². The first-order valence-corrected chi connectivity index (χ1v) is 8.37. The molecular formula is C14H19FN2O4S. The van der Waals surface area contributed by atoms with E-state index >= 15 is 0 Å². The fourth-order valence-corrected chi connectivity index (χ4v) is 3.99. The highest BCUT2D eigenvalue weighted by molar-refractivity contribution is 7.89. The highest BCUT2D eigenvalue weighted by Gasteiger charge is 2.34. The first kappa shape index (κ1) is 16.9. The van der Waals surface area contributed by atoms with Crippen molar-refractivity contribution in [3.63, 3.8) is 0 Å². The molecular weight excluding hydrogens is 311 g/mol. The summed E-state index contributed by atoms with van der Waals surface area (Å²) in [5.41, 5.74) is 0. The van der Waals surface area contributed by atoms with Gasteiger partial charge < -0.3 is 0 Å². The van der Waals surface area contributed by atoms with Crippen LogP contribution in [0.2, 0.25) is 0 Å². The second kappa shape index (κ2) is 6.72. The molecule has 8 heteroatoms. The van der Waals surface area contributed by atoms with E-state index in [-0.39, 0.29) is 17.3 Å². The zero-order chi connectivity index (χ0) is 16.3. The van der Waals surface area contributed by atoms with Crippen molar-refractivity contribution in [2.45, 2.75) is 17.7 Å². The Kier molecular flexibility index (Phi) is 5.15. The Morgan fingerprint density at radius 1 is 1.36 bits per heavy atom. The summed E-state index contributed by atoms with van der Waals surface area (Å²) in [7, 11) is -0.844. The van der Waals surface area contributed by atoms with E-state index in [1.54, 1.807) is 0 Å². The lowest BCUT2D eigenvalue weighted by atomic mass is 9.99. The van der Waals surface area contributed by atoms with Gasteiger partial charge in [-0.3, -0.25) is 9.63 Å². The van der Waals surface area contributed by atoms with Crippen LogP contribution in [0.5, 0.6) is 0 Å². The third-order valence-corrected chi connectivity index (χ3v) is 5.65. The molecule has 1 heterocycles. The van der Waals surface area contributed by atoms with Crippen LogP contribution in [0.15, 0.2) is 29.2 Å². The van der Waals surface area contributed by atoms with Gasteiger partial charge in [0.1, 0.15) is 5.82 Å². The summed E-state index contributed by atoms with van der Waals surface area (Å²) < 4.78 is 39.3. The summed E-state index contributed by atoms with van der Waals surface area (Å²) in [5, 5.41) is 1.11. The Morgan fingerprint density at radius 3 is 2.59 bits per heavy atom. The normalized spacial score (nSPS) is 19.9. The number of carbonyl (C=O) groups is 1. The fraction of sp³-hybridized carbons (Fsp3) is 0.500. The molecule has 0 saturated carbocycles. The first-order chi connectivity index (χ1) is 10.4. The standard InChI is InChI=1S/C14H19FN2O4S/c1-16(21-2)14(18)11-4-3-9-17(10-11)22(19,20)13-7-5-12(15)6-8-13/h5-8,11H,3-4,9-10H2,1-2H3. The number of piperidine rings is 1. The van der Waals surface area contributed by atoms with Gasteiger partial charge >= 0.3 is 0 Å². The van der Waals surface area contributed by atoms with E-state index in [4.69, 9.17) is 4.84 Å². The monoisotopic (exact) mass is 330 g/mol. The Bertz CT molecular complexity index is 633. The van der Waals surface area contributed by atoms with Crippen molar-refractivity contribution < 1.29 is 22.4 Å². The Morgan fingerprint density at radius 2 is 2.00 bits per heavy atom. The van der Waals surface area contributed by atoms with E-state index in [2.05, 4.69) is 0 Å². The number of hydrogen-bond donors (Lipinski definition) is 0. The molecule has 1 fully saturated rings. The van der Waals surface area contributed by atoms with Gasteiger partial charge in [0.2, 0.25) is 15.9 Å². The molecule has 1 amide bonds. The quantitative estimate of drug-likeness (QED) is 0.779. The molecule has 1 aromatic carbocycles. The van der Waals surface area contributed by atoms with Crippen molar-refractivity contribution in [2.75, 3.05) is 27.2 Å². The zero-order valence-corrected chi connectivity index (χ0v) is 13.3. The maximum absolute atomic E-state index is 12.9. The molecule has 1 aromatic rings. The molecule has 0 spiro atoms. The van der Waals surface area contributed by atoms with Crippen LogP contribution in [-0.2, 0) is 19.7 Å². The molecule has 22 heavy (non-hydrogen) atoms. The summed E-state index contributed by atoms with van der Waals surface area (Å²) in [4.78, 5) is 17.0. The molecule has 1 atom stereocenters. The maximum Gasteiger partial charge on any atom is 0.250 e. The number of carbonyl (C=O) groups excluding carboxylic acids is 1. The minimum absolute atomic E-state index is 0.0297. The Labute approximate surface area is 129 Å². The van der Waals surface area contributed by atoms with Crippen molar-refractivity contribution in [3.8, 4) is 0 Å². The van der Waals surface area contributed by atoms with E-state index < -0.39 is 21.8 Å². The van der Waals surface area contributed by atoms with Gasteiger partial charge in [-0.25, -0.2) is 17.9 Å². The molecule has 1 aliphatic heterocycles. The number of hydrogen-bond acceptors (Lipinski definition) is 4. The third-order valence-electron chi connectivity index (χ3n) is 3.77. The summed E-state index contributed by atoms with van der Waals surface area (Å²) in [6, 6.07) is 4.69. The molecule has 1 saturated heterocycles.